The summed E-state index contributed by atoms with van der Waals surface area (Å²) in [6.07, 6.45) is 0. The molecule has 0 bridgehead atoms. The predicted molar refractivity (Wildman–Crippen MR) is 84.7 cm³/mol. The van der Waals surface area contributed by atoms with Gasteiger partial charge < -0.3 is 5.32 Å². The van der Waals surface area contributed by atoms with E-state index in [-0.39, 0.29) is 18.0 Å². The largest absolute Gasteiger partial charge is 0.346 e. The van der Waals surface area contributed by atoms with Crippen LogP contribution in [0.1, 0.15) is 21.6 Å². The highest BCUT2D eigenvalue weighted by molar-refractivity contribution is 5.94. The summed E-state index contributed by atoms with van der Waals surface area (Å²) in [7, 11) is 0. The molecule has 0 saturated carbocycles. The summed E-state index contributed by atoms with van der Waals surface area (Å²) < 4.78 is 0. The number of H-pyrrole nitrogens is 1. The molecular weight excluding hydrogens is 292 g/mol. The third kappa shape index (κ3) is 2.94. The van der Waals surface area contributed by atoms with Crippen LogP contribution in [0.3, 0.4) is 0 Å². The molecule has 2 aromatic carbocycles. The van der Waals surface area contributed by atoms with Gasteiger partial charge in [-0.15, -0.1) is 0 Å². The van der Waals surface area contributed by atoms with E-state index in [1.807, 2.05) is 12.1 Å². The molecule has 0 aliphatic rings. The van der Waals surface area contributed by atoms with Gasteiger partial charge in [0.25, 0.3) is 11.5 Å². The average Bonchev–Trinajstić information content (AvgIpc) is 2.61. The molecule has 1 aromatic heterocycles. The van der Waals surface area contributed by atoms with Crippen molar-refractivity contribution in [2.24, 2.45) is 0 Å². The molecule has 0 aliphatic carbocycles. The fourth-order valence-corrected chi connectivity index (χ4v) is 2.30. The van der Waals surface area contributed by atoms with Crippen molar-refractivity contribution in [3.8, 4) is 6.07 Å². The van der Waals surface area contributed by atoms with Gasteiger partial charge >= 0.3 is 0 Å². The minimum absolute atomic E-state index is 0.174. The van der Waals surface area contributed by atoms with E-state index in [1.165, 1.54) is 6.07 Å². The van der Waals surface area contributed by atoms with Crippen molar-refractivity contribution in [3.05, 3.63) is 75.7 Å². The summed E-state index contributed by atoms with van der Waals surface area (Å²) in [5.41, 5.74) is 1.13. The third-order valence-corrected chi connectivity index (χ3v) is 3.45. The first-order valence-electron chi connectivity index (χ1n) is 6.93. The second-order valence-electron chi connectivity index (χ2n) is 4.92. The van der Waals surface area contributed by atoms with Gasteiger partial charge in [0.1, 0.15) is 0 Å². The van der Waals surface area contributed by atoms with Crippen molar-refractivity contribution in [3.63, 3.8) is 0 Å². The van der Waals surface area contributed by atoms with Gasteiger partial charge in [-0.3, -0.25) is 9.59 Å². The summed E-state index contributed by atoms with van der Waals surface area (Å²) in [5.74, 6) is -0.306. The lowest BCUT2D eigenvalue weighted by molar-refractivity contribution is 0.0950. The molecule has 3 rings (SSSR count). The highest BCUT2D eigenvalue weighted by Crippen LogP contribution is 2.12. The van der Waals surface area contributed by atoms with Crippen LogP contribution in [0.15, 0.2) is 53.3 Å². The molecule has 0 atom stereocenters. The molecule has 23 heavy (non-hydrogen) atoms. The standard InChI is InChI=1S/C17H12N4O2/c18-9-11-4-3-5-12(8-11)16(22)19-10-15-13-6-1-2-7-14(13)17(23)21-20-15/h1-8H,10H2,(H,19,22)(H,21,23). The Kier molecular flexibility index (Phi) is 3.85. The monoisotopic (exact) mass is 304 g/mol. The van der Waals surface area contributed by atoms with E-state index in [0.29, 0.717) is 27.6 Å². The molecule has 6 nitrogen and oxygen atoms in total. The second-order valence-corrected chi connectivity index (χ2v) is 4.92. The summed E-state index contributed by atoms with van der Waals surface area (Å²) in [4.78, 5) is 23.9. The van der Waals surface area contributed by atoms with Crippen LogP contribution in [0.5, 0.6) is 0 Å². The van der Waals surface area contributed by atoms with E-state index >= 15 is 0 Å². The molecule has 1 amide bonds. The first kappa shape index (κ1) is 14.5. The SMILES string of the molecule is N#Cc1cccc(C(=O)NCc2n[nH]c(=O)c3ccccc23)c1. The number of fused-ring (bicyclic) bond motifs is 1. The van der Waals surface area contributed by atoms with Gasteiger partial charge in [0.05, 0.1) is 29.3 Å². The molecular formula is C17H12N4O2. The zero-order valence-electron chi connectivity index (χ0n) is 12.0. The fourth-order valence-electron chi connectivity index (χ4n) is 2.30. The summed E-state index contributed by atoms with van der Waals surface area (Å²) in [5, 5.41) is 19.3. The quantitative estimate of drug-likeness (QED) is 0.769. The van der Waals surface area contributed by atoms with Gasteiger partial charge in [-0.2, -0.15) is 10.4 Å². The Labute approximate surface area is 131 Å². The van der Waals surface area contributed by atoms with Gasteiger partial charge in [-0.1, -0.05) is 24.3 Å². The number of carbonyl (C=O) groups excluding carboxylic acids is 1. The number of nitrogens with zero attached hydrogens (tertiary/aromatic N) is 2. The zero-order chi connectivity index (χ0) is 16.2. The molecule has 1 heterocycles. The van der Waals surface area contributed by atoms with Crippen LogP contribution < -0.4 is 10.9 Å². The topological polar surface area (TPSA) is 98.6 Å². The van der Waals surface area contributed by atoms with Crippen molar-refractivity contribution in [2.75, 3.05) is 0 Å². The molecule has 0 spiro atoms. The number of benzene rings is 2. The van der Waals surface area contributed by atoms with Gasteiger partial charge in [0.15, 0.2) is 0 Å². The Morgan fingerprint density at radius 1 is 1.17 bits per heavy atom. The van der Waals surface area contributed by atoms with Gasteiger partial charge in [-0.25, -0.2) is 5.10 Å². The number of carbonyl (C=O) groups is 1. The average molecular weight is 304 g/mol. The Morgan fingerprint density at radius 3 is 2.74 bits per heavy atom. The summed E-state index contributed by atoms with van der Waals surface area (Å²) in [6, 6.07) is 15.5. The Hall–Kier alpha value is -3.46. The number of rotatable bonds is 3. The lowest BCUT2D eigenvalue weighted by Crippen LogP contribution is -2.24. The van der Waals surface area contributed by atoms with E-state index in [0.717, 1.165) is 0 Å². The maximum atomic E-state index is 12.2. The van der Waals surface area contributed by atoms with Crippen molar-refractivity contribution >= 4 is 16.7 Å². The van der Waals surface area contributed by atoms with E-state index in [9.17, 15) is 9.59 Å². The molecule has 6 heteroatoms. The highest BCUT2D eigenvalue weighted by Gasteiger charge is 2.09. The van der Waals surface area contributed by atoms with Crippen LogP contribution >= 0.6 is 0 Å². The van der Waals surface area contributed by atoms with Crippen molar-refractivity contribution < 1.29 is 4.79 Å². The second kappa shape index (κ2) is 6.12. The minimum atomic E-state index is -0.306. The maximum absolute atomic E-state index is 12.2. The molecule has 0 fully saturated rings. The van der Waals surface area contributed by atoms with Crippen molar-refractivity contribution in [1.29, 1.82) is 5.26 Å². The lowest BCUT2D eigenvalue weighted by Gasteiger charge is -2.07. The highest BCUT2D eigenvalue weighted by atomic mass is 16.1. The first-order valence-corrected chi connectivity index (χ1v) is 6.93. The van der Waals surface area contributed by atoms with Gasteiger partial charge in [0.2, 0.25) is 0 Å². The minimum Gasteiger partial charge on any atom is -0.346 e. The number of nitrogens with one attached hydrogen (secondary N) is 2. The van der Waals surface area contributed by atoms with E-state index in [4.69, 9.17) is 5.26 Å². The number of aromatic amines is 1. The van der Waals surface area contributed by atoms with Crippen LogP contribution in [0.25, 0.3) is 10.8 Å². The number of hydrogen-bond donors (Lipinski definition) is 2. The van der Waals surface area contributed by atoms with Gasteiger partial charge in [0, 0.05) is 10.9 Å². The van der Waals surface area contributed by atoms with Crippen LogP contribution in [-0.2, 0) is 6.54 Å². The molecule has 0 unspecified atom stereocenters. The molecule has 112 valence electrons. The van der Waals surface area contributed by atoms with E-state index < -0.39 is 0 Å². The van der Waals surface area contributed by atoms with Crippen LogP contribution in [0.4, 0.5) is 0 Å². The maximum Gasteiger partial charge on any atom is 0.272 e. The summed E-state index contributed by atoms with van der Waals surface area (Å²) >= 11 is 0. The van der Waals surface area contributed by atoms with Crippen LogP contribution in [0.2, 0.25) is 0 Å². The molecule has 2 N–H and O–H groups in total. The number of aromatic nitrogens is 2. The van der Waals surface area contributed by atoms with E-state index in [1.54, 1.807) is 36.4 Å². The van der Waals surface area contributed by atoms with E-state index in [2.05, 4.69) is 15.5 Å². The third-order valence-electron chi connectivity index (χ3n) is 3.45. The molecule has 0 radical (unpaired) electrons. The molecule has 3 aromatic rings. The zero-order valence-corrected chi connectivity index (χ0v) is 12.0. The number of amides is 1. The van der Waals surface area contributed by atoms with Crippen LogP contribution in [-0.4, -0.2) is 16.1 Å². The number of nitriles is 1. The smallest absolute Gasteiger partial charge is 0.272 e. The normalized spacial score (nSPS) is 10.2. The number of hydrogen-bond acceptors (Lipinski definition) is 4. The van der Waals surface area contributed by atoms with Crippen molar-refractivity contribution in [2.45, 2.75) is 6.54 Å². The molecule has 0 aliphatic heterocycles. The Morgan fingerprint density at radius 2 is 1.96 bits per heavy atom. The van der Waals surface area contributed by atoms with Crippen LogP contribution in [0, 0.1) is 11.3 Å². The molecule has 0 saturated heterocycles. The van der Waals surface area contributed by atoms with Crippen molar-refractivity contribution in [1.82, 2.24) is 15.5 Å². The lowest BCUT2D eigenvalue weighted by atomic mass is 10.1. The first-order chi connectivity index (χ1) is 11.2. The van der Waals surface area contributed by atoms with Gasteiger partial charge in [-0.05, 0) is 24.3 Å². The summed E-state index contributed by atoms with van der Waals surface area (Å²) in [6.45, 7) is 0.174. The Balaban J connectivity index is 1.84. The predicted octanol–water partition coefficient (Wildman–Crippen LogP) is 1.72. The fraction of sp³-hybridized carbons (Fsp3) is 0.0588. The Bertz CT molecular complexity index is 986.